The van der Waals surface area contributed by atoms with Crippen molar-refractivity contribution in [2.24, 2.45) is 0 Å². The average Bonchev–Trinajstić information content (AvgIpc) is 3.25. The summed E-state index contributed by atoms with van der Waals surface area (Å²) in [5.41, 5.74) is 7.56. The Morgan fingerprint density at radius 1 is 1.30 bits per heavy atom. The predicted octanol–water partition coefficient (Wildman–Crippen LogP) is 2.38. The number of hydrogen-bond donors (Lipinski definition) is 2. The van der Waals surface area contributed by atoms with Crippen LogP contribution >= 0.6 is 0 Å². The summed E-state index contributed by atoms with van der Waals surface area (Å²) in [5.74, 6) is 1.10. The molecule has 104 valence electrons. The number of aromatic nitrogens is 2. The van der Waals surface area contributed by atoms with Gasteiger partial charge in [0.1, 0.15) is 11.6 Å². The fraction of sp³-hybridized carbons (Fsp3) is 0.375. The molecule has 1 aliphatic rings. The fourth-order valence-corrected chi connectivity index (χ4v) is 2.78. The van der Waals surface area contributed by atoms with Crippen LogP contribution < -0.4 is 11.3 Å². The van der Waals surface area contributed by atoms with E-state index in [9.17, 15) is 4.79 Å². The standard InChI is InChI=1S/C16H19N3O/c1-2-6-12-13(17)18-15(19-14(12)20)16(9-10-16)11-7-4-3-5-8-11/h3-5,7-8H,2,6,9-10H2,1H3,(H3,17,18,19,20). The van der Waals surface area contributed by atoms with Gasteiger partial charge >= 0.3 is 0 Å². The van der Waals surface area contributed by atoms with E-state index in [1.54, 1.807) is 0 Å². The van der Waals surface area contributed by atoms with Crippen LogP contribution in [0.3, 0.4) is 0 Å². The van der Waals surface area contributed by atoms with Gasteiger partial charge in [-0.05, 0) is 24.8 Å². The molecule has 0 saturated heterocycles. The minimum Gasteiger partial charge on any atom is -0.383 e. The minimum absolute atomic E-state index is 0.0865. The van der Waals surface area contributed by atoms with Crippen molar-refractivity contribution >= 4 is 5.82 Å². The van der Waals surface area contributed by atoms with E-state index in [1.165, 1.54) is 5.56 Å². The quantitative estimate of drug-likeness (QED) is 0.895. The third-order valence-electron chi connectivity index (χ3n) is 4.08. The number of benzene rings is 1. The van der Waals surface area contributed by atoms with Gasteiger partial charge in [-0.25, -0.2) is 4.98 Å². The second-order valence-electron chi connectivity index (χ2n) is 5.48. The Hall–Kier alpha value is -2.10. The normalized spacial score (nSPS) is 16.1. The van der Waals surface area contributed by atoms with Gasteiger partial charge in [-0.15, -0.1) is 0 Å². The molecule has 0 aliphatic heterocycles. The highest BCUT2D eigenvalue weighted by Gasteiger charge is 2.48. The number of aromatic amines is 1. The zero-order chi connectivity index (χ0) is 14.2. The highest BCUT2D eigenvalue weighted by Crippen LogP contribution is 2.51. The van der Waals surface area contributed by atoms with E-state index in [2.05, 4.69) is 22.1 Å². The molecule has 4 nitrogen and oxygen atoms in total. The molecule has 0 unspecified atom stereocenters. The lowest BCUT2D eigenvalue weighted by Gasteiger charge is -2.16. The molecule has 1 heterocycles. The van der Waals surface area contributed by atoms with Crippen molar-refractivity contribution in [1.29, 1.82) is 0 Å². The number of nitrogens with one attached hydrogen (secondary N) is 1. The molecule has 1 aliphatic carbocycles. The van der Waals surface area contributed by atoms with Crippen LogP contribution in [0.15, 0.2) is 35.1 Å². The van der Waals surface area contributed by atoms with E-state index < -0.39 is 0 Å². The van der Waals surface area contributed by atoms with Crippen molar-refractivity contribution < 1.29 is 0 Å². The third-order valence-corrected chi connectivity index (χ3v) is 4.08. The average molecular weight is 269 g/mol. The van der Waals surface area contributed by atoms with Crippen LogP contribution in [-0.4, -0.2) is 9.97 Å². The van der Waals surface area contributed by atoms with E-state index in [-0.39, 0.29) is 11.0 Å². The molecule has 2 aromatic rings. The van der Waals surface area contributed by atoms with Gasteiger partial charge in [0.2, 0.25) is 0 Å². The summed E-state index contributed by atoms with van der Waals surface area (Å²) in [4.78, 5) is 19.6. The van der Waals surface area contributed by atoms with Crippen molar-refractivity contribution in [2.45, 2.75) is 38.0 Å². The molecule has 0 bridgehead atoms. The smallest absolute Gasteiger partial charge is 0.256 e. The predicted molar refractivity (Wildman–Crippen MR) is 79.7 cm³/mol. The van der Waals surface area contributed by atoms with E-state index in [0.717, 1.165) is 19.3 Å². The summed E-state index contributed by atoms with van der Waals surface area (Å²) in [6.45, 7) is 2.03. The van der Waals surface area contributed by atoms with Gasteiger partial charge in [-0.3, -0.25) is 4.79 Å². The molecule has 0 amide bonds. The van der Waals surface area contributed by atoms with Gasteiger partial charge in [0.05, 0.1) is 11.0 Å². The Morgan fingerprint density at radius 3 is 2.55 bits per heavy atom. The lowest BCUT2D eigenvalue weighted by molar-refractivity contribution is 0.739. The van der Waals surface area contributed by atoms with Gasteiger partial charge in [-0.1, -0.05) is 43.7 Å². The van der Waals surface area contributed by atoms with Crippen LogP contribution in [-0.2, 0) is 11.8 Å². The molecule has 0 spiro atoms. The zero-order valence-electron chi connectivity index (χ0n) is 11.6. The molecular formula is C16H19N3O. The summed E-state index contributed by atoms with van der Waals surface area (Å²) >= 11 is 0. The maximum atomic E-state index is 12.2. The highest BCUT2D eigenvalue weighted by atomic mass is 16.1. The summed E-state index contributed by atoms with van der Waals surface area (Å²) in [7, 11) is 0. The summed E-state index contributed by atoms with van der Waals surface area (Å²) in [5, 5.41) is 0. The van der Waals surface area contributed by atoms with Crippen LogP contribution in [0.25, 0.3) is 0 Å². The Labute approximate surface area is 118 Å². The second-order valence-corrected chi connectivity index (χ2v) is 5.48. The van der Waals surface area contributed by atoms with Crippen molar-refractivity contribution in [3.05, 3.63) is 57.6 Å². The molecule has 0 atom stereocenters. The summed E-state index contributed by atoms with van der Waals surface area (Å²) in [6.07, 6.45) is 3.57. The Morgan fingerprint density at radius 2 is 2.00 bits per heavy atom. The second kappa shape index (κ2) is 4.78. The molecule has 1 aromatic carbocycles. The number of nitrogens with two attached hydrogens (primary N) is 1. The maximum Gasteiger partial charge on any atom is 0.256 e. The van der Waals surface area contributed by atoms with Crippen LogP contribution in [0.2, 0.25) is 0 Å². The topological polar surface area (TPSA) is 71.8 Å². The van der Waals surface area contributed by atoms with Crippen LogP contribution in [0, 0.1) is 0 Å². The van der Waals surface area contributed by atoms with E-state index in [0.29, 0.717) is 23.6 Å². The number of rotatable bonds is 4. The fourth-order valence-electron chi connectivity index (χ4n) is 2.78. The number of H-pyrrole nitrogens is 1. The molecule has 20 heavy (non-hydrogen) atoms. The van der Waals surface area contributed by atoms with Gasteiger partial charge in [-0.2, -0.15) is 0 Å². The van der Waals surface area contributed by atoms with Gasteiger partial charge < -0.3 is 10.7 Å². The maximum absolute atomic E-state index is 12.2. The molecule has 3 rings (SSSR count). The first-order valence-corrected chi connectivity index (χ1v) is 7.12. The number of nitrogens with zero attached hydrogens (tertiary/aromatic N) is 1. The molecule has 1 fully saturated rings. The minimum atomic E-state index is -0.140. The SMILES string of the molecule is CCCc1c(N)nc(C2(c3ccccc3)CC2)[nH]c1=O. The van der Waals surface area contributed by atoms with Crippen molar-refractivity contribution in [3.63, 3.8) is 0 Å². The Bertz CT molecular complexity index is 672. The van der Waals surface area contributed by atoms with Crippen molar-refractivity contribution in [3.8, 4) is 0 Å². The lowest BCUT2D eigenvalue weighted by atomic mass is 9.95. The molecule has 1 aromatic heterocycles. The van der Waals surface area contributed by atoms with E-state index >= 15 is 0 Å². The molecule has 4 heteroatoms. The van der Waals surface area contributed by atoms with Crippen LogP contribution in [0.1, 0.15) is 43.1 Å². The van der Waals surface area contributed by atoms with Crippen molar-refractivity contribution in [2.75, 3.05) is 5.73 Å². The monoisotopic (exact) mass is 269 g/mol. The first kappa shape index (κ1) is 12.9. The Kier molecular flexibility index (Phi) is 3.08. The zero-order valence-corrected chi connectivity index (χ0v) is 11.6. The van der Waals surface area contributed by atoms with Crippen LogP contribution in [0.4, 0.5) is 5.82 Å². The van der Waals surface area contributed by atoms with Gasteiger partial charge in [0, 0.05) is 0 Å². The highest BCUT2D eigenvalue weighted by molar-refractivity contribution is 5.44. The summed E-state index contributed by atoms with van der Waals surface area (Å²) in [6, 6.07) is 10.2. The van der Waals surface area contributed by atoms with Crippen LogP contribution in [0.5, 0.6) is 0 Å². The Balaban J connectivity index is 2.06. The molecule has 0 radical (unpaired) electrons. The lowest BCUT2D eigenvalue weighted by Crippen LogP contribution is -2.24. The number of anilines is 1. The third kappa shape index (κ3) is 2.01. The van der Waals surface area contributed by atoms with Gasteiger partial charge in [0.25, 0.3) is 5.56 Å². The summed E-state index contributed by atoms with van der Waals surface area (Å²) < 4.78 is 0. The van der Waals surface area contributed by atoms with Crippen molar-refractivity contribution in [1.82, 2.24) is 9.97 Å². The molecule has 3 N–H and O–H groups in total. The molecular weight excluding hydrogens is 250 g/mol. The molecule has 1 saturated carbocycles. The largest absolute Gasteiger partial charge is 0.383 e. The number of hydrogen-bond acceptors (Lipinski definition) is 3. The first-order valence-electron chi connectivity index (χ1n) is 7.12. The van der Waals surface area contributed by atoms with Gasteiger partial charge in [0.15, 0.2) is 0 Å². The first-order chi connectivity index (χ1) is 9.67. The van der Waals surface area contributed by atoms with E-state index in [4.69, 9.17) is 5.73 Å². The van der Waals surface area contributed by atoms with E-state index in [1.807, 2.05) is 25.1 Å². The number of nitrogen functional groups attached to an aromatic ring is 1.